The molecule has 0 bridgehead atoms. The minimum Gasteiger partial charge on any atom is -0.493 e. The van der Waals surface area contributed by atoms with Crippen LogP contribution < -0.4 is 33.8 Å². The number of hydrogen-bond acceptors (Lipinski definition) is 15. The van der Waals surface area contributed by atoms with Gasteiger partial charge in [0.15, 0.2) is 23.1 Å². The predicted molar refractivity (Wildman–Crippen MR) is 210 cm³/mol. The van der Waals surface area contributed by atoms with Crippen molar-refractivity contribution < 1.29 is 28.5 Å². The molecular formula is C38H58N10O6. The van der Waals surface area contributed by atoms with Gasteiger partial charge in [0.2, 0.25) is 23.6 Å². The van der Waals surface area contributed by atoms with E-state index in [-0.39, 0.29) is 18.6 Å². The van der Waals surface area contributed by atoms with Gasteiger partial charge in [-0.1, -0.05) is 0 Å². The summed E-state index contributed by atoms with van der Waals surface area (Å²) >= 11 is 0. The normalized spacial score (nSPS) is 17.1. The van der Waals surface area contributed by atoms with Crippen LogP contribution in [0.2, 0.25) is 0 Å². The van der Waals surface area contributed by atoms with E-state index in [1.165, 1.54) is 12.8 Å². The van der Waals surface area contributed by atoms with Gasteiger partial charge < -0.3 is 53.1 Å². The lowest BCUT2D eigenvalue weighted by Gasteiger charge is -2.35. The van der Waals surface area contributed by atoms with Gasteiger partial charge in [0.25, 0.3) is 0 Å². The van der Waals surface area contributed by atoms with Gasteiger partial charge in [-0.2, -0.15) is 9.97 Å². The molecule has 0 saturated carbocycles. The summed E-state index contributed by atoms with van der Waals surface area (Å²) in [4.78, 5) is 47.3. The van der Waals surface area contributed by atoms with Crippen LogP contribution in [0.1, 0.15) is 38.2 Å². The van der Waals surface area contributed by atoms with Crippen molar-refractivity contribution in [1.29, 1.82) is 0 Å². The number of piperazine rings is 1. The van der Waals surface area contributed by atoms with Crippen LogP contribution in [-0.4, -0.2) is 163 Å². The smallest absolute Gasteiger partial charge is 0.241 e. The van der Waals surface area contributed by atoms with Gasteiger partial charge in [0.1, 0.15) is 11.0 Å². The molecule has 3 aliphatic rings. The van der Waals surface area contributed by atoms with Crippen LogP contribution in [0.3, 0.4) is 0 Å². The molecule has 296 valence electrons. The predicted octanol–water partition coefficient (Wildman–Crippen LogP) is 2.91. The minimum atomic E-state index is 0.0382. The van der Waals surface area contributed by atoms with E-state index in [4.69, 9.17) is 43.6 Å². The molecule has 3 saturated heterocycles. The average Bonchev–Trinajstić information content (AvgIpc) is 3.73. The van der Waals surface area contributed by atoms with Crippen molar-refractivity contribution in [1.82, 2.24) is 29.7 Å². The number of carbonyl (C=O) groups is 1. The molecule has 2 aromatic heterocycles. The standard InChI is InChI=1S/C38H58N10O6/c1-8-45(20-18-44-13-9-10-14-44)37-39-32-33(36(42-37)47-19-17-43(2)31(49)26-47)40-38(41-35(32)46-15-11-28(51-4)12-16-46)48(21-22-50-3)25-27-23-29(52-5)34(54-7)30(24-27)53-6/h23-24,28H,8-22,25-26H2,1-7H3. The summed E-state index contributed by atoms with van der Waals surface area (Å²) in [6.45, 7) is 11.2. The molecule has 0 N–H and O–H groups in total. The highest BCUT2D eigenvalue weighted by atomic mass is 16.5. The summed E-state index contributed by atoms with van der Waals surface area (Å²) in [7, 11) is 10.1. The van der Waals surface area contributed by atoms with Crippen LogP contribution >= 0.6 is 0 Å². The van der Waals surface area contributed by atoms with Crippen LogP contribution in [-0.2, 0) is 20.8 Å². The minimum absolute atomic E-state index is 0.0382. The van der Waals surface area contributed by atoms with Crippen molar-refractivity contribution in [3.05, 3.63) is 17.7 Å². The maximum atomic E-state index is 13.2. The molecule has 54 heavy (non-hydrogen) atoms. The number of ether oxygens (including phenoxy) is 5. The Morgan fingerprint density at radius 3 is 1.94 bits per heavy atom. The summed E-state index contributed by atoms with van der Waals surface area (Å²) in [6.07, 6.45) is 4.40. The first-order valence-electron chi connectivity index (χ1n) is 19.2. The molecule has 16 nitrogen and oxygen atoms in total. The average molecular weight is 751 g/mol. The second-order valence-corrected chi connectivity index (χ2v) is 14.1. The summed E-state index contributed by atoms with van der Waals surface area (Å²) in [5.74, 6) is 4.22. The van der Waals surface area contributed by atoms with Crippen molar-refractivity contribution in [3.63, 3.8) is 0 Å². The number of likely N-dealkylation sites (tertiary alicyclic amines) is 1. The second kappa shape index (κ2) is 18.3. The Kier molecular flexibility index (Phi) is 13.3. The highest BCUT2D eigenvalue weighted by molar-refractivity contribution is 5.96. The molecule has 0 unspecified atom stereocenters. The third-order valence-corrected chi connectivity index (χ3v) is 10.8. The maximum Gasteiger partial charge on any atom is 0.241 e. The third kappa shape index (κ3) is 8.76. The van der Waals surface area contributed by atoms with Crippen molar-refractivity contribution in [3.8, 4) is 17.2 Å². The fourth-order valence-electron chi connectivity index (χ4n) is 7.50. The van der Waals surface area contributed by atoms with Crippen LogP contribution in [0.15, 0.2) is 12.1 Å². The summed E-state index contributed by atoms with van der Waals surface area (Å²) in [5, 5.41) is 0. The molecule has 0 radical (unpaired) electrons. The topological polar surface area (TPSA) is 134 Å². The Bertz CT molecular complexity index is 1690. The number of fused-ring (bicyclic) bond motifs is 1. The van der Waals surface area contributed by atoms with Crippen molar-refractivity contribution in [2.75, 3.05) is 141 Å². The van der Waals surface area contributed by atoms with Gasteiger partial charge in [-0.25, -0.2) is 9.97 Å². The molecule has 0 atom stereocenters. The zero-order valence-electron chi connectivity index (χ0n) is 33.2. The quantitative estimate of drug-likeness (QED) is 0.200. The Morgan fingerprint density at radius 2 is 1.39 bits per heavy atom. The number of anilines is 4. The molecule has 3 fully saturated rings. The SMILES string of the molecule is CCN(CCN1CCCC1)c1nc(N2CCN(C)C(=O)C2)c2nc(N(CCOC)Cc3cc(OC)c(OC)c(OC)c3)nc(N3CCC(OC)CC3)c2n1. The Morgan fingerprint density at radius 1 is 0.759 bits per heavy atom. The number of aromatic nitrogens is 4. The fraction of sp³-hybridized carbons (Fsp3) is 0.658. The number of amides is 1. The number of nitrogens with zero attached hydrogens (tertiary/aromatic N) is 10. The zero-order chi connectivity index (χ0) is 38.2. The van der Waals surface area contributed by atoms with E-state index in [1.54, 1.807) is 40.4 Å². The second-order valence-electron chi connectivity index (χ2n) is 14.1. The highest BCUT2D eigenvalue weighted by Crippen LogP contribution is 2.39. The van der Waals surface area contributed by atoms with Crippen molar-refractivity contribution >= 4 is 40.5 Å². The maximum absolute atomic E-state index is 13.2. The lowest BCUT2D eigenvalue weighted by atomic mass is 10.1. The molecule has 3 aromatic rings. The molecule has 0 aliphatic carbocycles. The van der Waals surface area contributed by atoms with E-state index in [0.717, 1.165) is 70.0 Å². The highest BCUT2D eigenvalue weighted by Gasteiger charge is 2.31. The van der Waals surface area contributed by atoms with Crippen molar-refractivity contribution in [2.45, 2.75) is 45.3 Å². The van der Waals surface area contributed by atoms with E-state index < -0.39 is 0 Å². The Labute approximate surface area is 319 Å². The molecule has 3 aliphatic heterocycles. The molecule has 16 heteroatoms. The third-order valence-electron chi connectivity index (χ3n) is 10.8. The van der Waals surface area contributed by atoms with Crippen LogP contribution in [0.25, 0.3) is 11.0 Å². The molecule has 1 aromatic carbocycles. The van der Waals surface area contributed by atoms with Gasteiger partial charge in [0.05, 0.1) is 40.6 Å². The molecule has 5 heterocycles. The first-order chi connectivity index (χ1) is 26.3. The van der Waals surface area contributed by atoms with Crippen LogP contribution in [0, 0.1) is 0 Å². The number of carbonyl (C=O) groups excluding carboxylic acids is 1. The Hall–Kier alpha value is -4.41. The summed E-state index contributed by atoms with van der Waals surface area (Å²) in [5.41, 5.74) is 2.22. The van der Waals surface area contributed by atoms with Crippen LogP contribution in [0.4, 0.5) is 23.5 Å². The van der Waals surface area contributed by atoms with E-state index in [1.807, 2.05) is 19.2 Å². The van der Waals surface area contributed by atoms with E-state index in [2.05, 4.69) is 31.4 Å². The van der Waals surface area contributed by atoms with E-state index in [0.29, 0.717) is 78.8 Å². The first-order valence-corrected chi connectivity index (χ1v) is 19.2. The van der Waals surface area contributed by atoms with Crippen LogP contribution in [0.5, 0.6) is 17.2 Å². The van der Waals surface area contributed by atoms with Crippen molar-refractivity contribution in [2.24, 2.45) is 0 Å². The molecule has 6 rings (SSSR count). The fourth-order valence-corrected chi connectivity index (χ4v) is 7.50. The van der Waals surface area contributed by atoms with Gasteiger partial charge in [-0.05, 0) is 63.4 Å². The largest absolute Gasteiger partial charge is 0.493 e. The zero-order valence-corrected chi connectivity index (χ0v) is 33.2. The lowest BCUT2D eigenvalue weighted by molar-refractivity contribution is -0.129. The lowest BCUT2D eigenvalue weighted by Crippen LogP contribution is -2.49. The van der Waals surface area contributed by atoms with Gasteiger partial charge >= 0.3 is 0 Å². The number of piperidine rings is 1. The number of rotatable bonds is 17. The molecule has 0 spiro atoms. The monoisotopic (exact) mass is 750 g/mol. The number of hydrogen-bond donors (Lipinski definition) is 0. The van der Waals surface area contributed by atoms with E-state index in [9.17, 15) is 4.79 Å². The van der Waals surface area contributed by atoms with Gasteiger partial charge in [0, 0.05) is 80.2 Å². The first kappa shape index (κ1) is 39.3. The van der Waals surface area contributed by atoms with Gasteiger partial charge in [-0.3, -0.25) is 4.79 Å². The number of benzene rings is 1. The van der Waals surface area contributed by atoms with Gasteiger partial charge in [-0.15, -0.1) is 0 Å². The number of methoxy groups -OCH3 is 5. The van der Waals surface area contributed by atoms with E-state index >= 15 is 0 Å². The molecular weight excluding hydrogens is 692 g/mol. The summed E-state index contributed by atoms with van der Waals surface area (Å²) in [6, 6.07) is 3.88. The Balaban J connectivity index is 1.51. The number of likely N-dealkylation sites (N-methyl/N-ethyl adjacent to an activating group) is 2. The summed E-state index contributed by atoms with van der Waals surface area (Å²) < 4.78 is 28.3. The molecule has 1 amide bonds.